The van der Waals surface area contributed by atoms with Crippen LogP contribution in [0.1, 0.15) is 13.3 Å². The summed E-state index contributed by atoms with van der Waals surface area (Å²) in [6.07, 6.45) is 4.14. The Hall–Kier alpha value is -0.710. The van der Waals surface area contributed by atoms with Gasteiger partial charge in [-0.2, -0.15) is 0 Å². The first-order valence-corrected chi connectivity index (χ1v) is 5.48. The minimum atomic E-state index is 0.0283. The number of hydrogen-bond donors (Lipinski definition) is 0. The molecule has 0 bridgehead atoms. The Kier molecular flexibility index (Phi) is 9.09. The van der Waals surface area contributed by atoms with Crippen LogP contribution in [0.2, 0.25) is 0 Å². The zero-order chi connectivity index (χ0) is 12.4. The highest BCUT2D eigenvalue weighted by atomic mass is 16.5. The van der Waals surface area contributed by atoms with Crippen molar-refractivity contribution in [2.45, 2.75) is 19.4 Å². The molecule has 0 radical (unpaired) electrons. The van der Waals surface area contributed by atoms with Gasteiger partial charge < -0.3 is 14.4 Å². The van der Waals surface area contributed by atoms with Crippen LogP contribution < -0.4 is 0 Å². The third-order valence-electron chi connectivity index (χ3n) is 2.00. The minimum Gasteiger partial charge on any atom is -0.382 e. The Morgan fingerprint density at radius 3 is 2.62 bits per heavy atom. The lowest BCUT2D eigenvalue weighted by Gasteiger charge is -2.17. The van der Waals surface area contributed by atoms with E-state index in [0.29, 0.717) is 19.6 Å². The van der Waals surface area contributed by atoms with E-state index in [1.165, 1.54) is 6.92 Å². The molecule has 0 saturated heterocycles. The lowest BCUT2D eigenvalue weighted by atomic mass is 10.2. The summed E-state index contributed by atoms with van der Waals surface area (Å²) in [7, 11) is 5.66. The highest BCUT2D eigenvalue weighted by Crippen LogP contribution is 2.01. The van der Waals surface area contributed by atoms with E-state index in [9.17, 15) is 4.79 Å². The van der Waals surface area contributed by atoms with Crippen LogP contribution in [0.25, 0.3) is 0 Å². The summed E-state index contributed by atoms with van der Waals surface area (Å²) < 4.78 is 10.7. The number of nitrogens with zero attached hydrogens (tertiary/aromatic N) is 1. The molecule has 0 aromatic rings. The van der Waals surface area contributed by atoms with Gasteiger partial charge >= 0.3 is 0 Å². The van der Waals surface area contributed by atoms with Crippen molar-refractivity contribution >= 4 is 5.78 Å². The number of carbonyl (C=O) groups is 1. The van der Waals surface area contributed by atoms with E-state index in [1.54, 1.807) is 13.2 Å². The molecular weight excluding hydrogens is 206 g/mol. The fourth-order valence-corrected chi connectivity index (χ4v) is 1.16. The summed E-state index contributed by atoms with van der Waals surface area (Å²) in [6, 6.07) is 0. The number of ether oxygens (including phenoxy) is 2. The maximum Gasteiger partial charge on any atom is 0.152 e. The fraction of sp³-hybridized carbons (Fsp3) is 0.750. The average Bonchev–Trinajstić information content (AvgIpc) is 2.16. The van der Waals surface area contributed by atoms with Gasteiger partial charge in [-0.3, -0.25) is 4.79 Å². The molecule has 4 nitrogen and oxygen atoms in total. The maximum atomic E-state index is 10.7. The van der Waals surface area contributed by atoms with E-state index in [0.717, 1.165) is 6.54 Å². The molecule has 0 aromatic carbocycles. The van der Waals surface area contributed by atoms with E-state index in [-0.39, 0.29) is 11.9 Å². The first-order valence-electron chi connectivity index (χ1n) is 5.48. The average molecular weight is 229 g/mol. The van der Waals surface area contributed by atoms with Gasteiger partial charge in [0.2, 0.25) is 0 Å². The van der Waals surface area contributed by atoms with Gasteiger partial charge in [0.1, 0.15) is 0 Å². The van der Waals surface area contributed by atoms with Crippen molar-refractivity contribution in [2.24, 2.45) is 0 Å². The van der Waals surface area contributed by atoms with E-state index in [2.05, 4.69) is 4.90 Å². The van der Waals surface area contributed by atoms with Gasteiger partial charge in [-0.05, 0) is 33.5 Å². The normalized spacial score (nSPS) is 13.6. The van der Waals surface area contributed by atoms with Crippen molar-refractivity contribution < 1.29 is 14.3 Å². The van der Waals surface area contributed by atoms with Gasteiger partial charge in [0, 0.05) is 13.7 Å². The van der Waals surface area contributed by atoms with Crippen LogP contribution in [0.3, 0.4) is 0 Å². The summed E-state index contributed by atoms with van der Waals surface area (Å²) in [5.74, 6) is 0.0597. The second kappa shape index (κ2) is 9.51. The van der Waals surface area contributed by atoms with E-state index < -0.39 is 0 Å². The molecule has 1 atom stereocenters. The molecule has 0 saturated carbocycles. The zero-order valence-corrected chi connectivity index (χ0v) is 10.7. The number of rotatable bonds is 9. The van der Waals surface area contributed by atoms with E-state index >= 15 is 0 Å². The molecule has 16 heavy (non-hydrogen) atoms. The van der Waals surface area contributed by atoms with E-state index in [1.807, 2.05) is 20.2 Å². The SMILES string of the molecule is COCC(C/C=C/C(C)=O)OCCN(C)C. The van der Waals surface area contributed by atoms with Crippen LogP contribution in [0.5, 0.6) is 0 Å². The summed E-state index contributed by atoms with van der Waals surface area (Å²) in [6.45, 7) is 3.65. The first-order chi connectivity index (χ1) is 7.56. The van der Waals surface area contributed by atoms with Crippen molar-refractivity contribution in [1.82, 2.24) is 4.90 Å². The molecule has 1 unspecified atom stereocenters. The van der Waals surface area contributed by atoms with Crippen LogP contribution in [0.4, 0.5) is 0 Å². The fourth-order valence-electron chi connectivity index (χ4n) is 1.16. The summed E-state index contributed by atoms with van der Waals surface area (Å²) in [5, 5.41) is 0. The number of hydrogen-bond acceptors (Lipinski definition) is 4. The Bertz CT molecular complexity index is 214. The monoisotopic (exact) mass is 229 g/mol. The first kappa shape index (κ1) is 15.3. The van der Waals surface area contributed by atoms with Crippen LogP contribution >= 0.6 is 0 Å². The second-order valence-corrected chi connectivity index (χ2v) is 4.00. The van der Waals surface area contributed by atoms with Crippen molar-refractivity contribution in [3.05, 3.63) is 12.2 Å². The third kappa shape index (κ3) is 9.83. The van der Waals surface area contributed by atoms with Crippen molar-refractivity contribution in [3.63, 3.8) is 0 Å². The van der Waals surface area contributed by atoms with E-state index in [4.69, 9.17) is 9.47 Å². The Morgan fingerprint density at radius 2 is 2.12 bits per heavy atom. The molecule has 0 aliphatic rings. The number of allylic oxidation sites excluding steroid dienone is 1. The molecule has 0 amide bonds. The number of methoxy groups -OCH3 is 1. The standard InChI is InChI=1S/C12H23NO3/c1-11(14)6-5-7-12(10-15-4)16-9-8-13(2)3/h5-6,12H,7-10H2,1-4H3/b6-5+. The molecule has 0 aromatic heterocycles. The lowest BCUT2D eigenvalue weighted by Crippen LogP contribution is -2.24. The van der Waals surface area contributed by atoms with Crippen LogP contribution in [0, 0.1) is 0 Å². The molecule has 94 valence electrons. The number of likely N-dealkylation sites (N-methyl/N-ethyl adjacent to an activating group) is 1. The molecule has 0 aliphatic carbocycles. The van der Waals surface area contributed by atoms with Crippen LogP contribution in [0.15, 0.2) is 12.2 Å². The zero-order valence-electron chi connectivity index (χ0n) is 10.7. The summed E-state index contributed by atoms with van der Waals surface area (Å²) >= 11 is 0. The maximum absolute atomic E-state index is 10.7. The van der Waals surface area contributed by atoms with Crippen molar-refractivity contribution in [3.8, 4) is 0 Å². The van der Waals surface area contributed by atoms with Gasteiger partial charge in [0.25, 0.3) is 0 Å². The quantitative estimate of drug-likeness (QED) is 0.555. The predicted molar refractivity (Wildman–Crippen MR) is 64.6 cm³/mol. The van der Waals surface area contributed by atoms with Gasteiger partial charge in [-0.1, -0.05) is 6.08 Å². The van der Waals surface area contributed by atoms with Gasteiger partial charge in [0.05, 0.1) is 19.3 Å². The van der Waals surface area contributed by atoms with Crippen LogP contribution in [-0.4, -0.2) is 57.8 Å². The topological polar surface area (TPSA) is 38.8 Å². The lowest BCUT2D eigenvalue weighted by molar-refractivity contribution is -0.112. The second-order valence-electron chi connectivity index (χ2n) is 4.00. The molecule has 0 spiro atoms. The third-order valence-corrected chi connectivity index (χ3v) is 2.00. The molecule has 0 N–H and O–H groups in total. The van der Waals surface area contributed by atoms with Gasteiger partial charge in [-0.15, -0.1) is 0 Å². The largest absolute Gasteiger partial charge is 0.382 e. The van der Waals surface area contributed by atoms with Gasteiger partial charge in [-0.25, -0.2) is 0 Å². The Labute approximate surface area is 98.2 Å². The van der Waals surface area contributed by atoms with Crippen molar-refractivity contribution in [2.75, 3.05) is 41.0 Å². The molecule has 0 fully saturated rings. The summed E-state index contributed by atoms with van der Waals surface area (Å²) in [5.41, 5.74) is 0. The van der Waals surface area contributed by atoms with Crippen molar-refractivity contribution in [1.29, 1.82) is 0 Å². The molecule has 0 aliphatic heterocycles. The minimum absolute atomic E-state index is 0.0283. The predicted octanol–water partition coefficient (Wildman–Crippen LogP) is 1.11. The number of ketones is 1. The molecule has 0 rings (SSSR count). The van der Waals surface area contributed by atoms with Gasteiger partial charge in [0.15, 0.2) is 5.78 Å². The molecule has 4 heteroatoms. The highest BCUT2D eigenvalue weighted by molar-refractivity contribution is 5.87. The Balaban J connectivity index is 3.82. The molecule has 0 heterocycles. The molecular formula is C12H23NO3. The van der Waals surface area contributed by atoms with Crippen LogP contribution in [-0.2, 0) is 14.3 Å². The summed E-state index contributed by atoms with van der Waals surface area (Å²) in [4.78, 5) is 12.8. The Morgan fingerprint density at radius 1 is 1.44 bits per heavy atom. The highest BCUT2D eigenvalue weighted by Gasteiger charge is 2.06. The number of carbonyl (C=O) groups excluding carboxylic acids is 1. The smallest absolute Gasteiger partial charge is 0.152 e.